The quantitative estimate of drug-likeness (QED) is 0.660. The molecule has 3 saturated heterocycles. The van der Waals surface area contributed by atoms with Gasteiger partial charge >= 0.3 is 0 Å². The molecule has 3 aliphatic heterocycles. The molecule has 0 saturated carbocycles. The van der Waals surface area contributed by atoms with Gasteiger partial charge < -0.3 is 19.3 Å². The molecule has 0 radical (unpaired) electrons. The maximum Gasteiger partial charge on any atom is 0.256 e. The summed E-state index contributed by atoms with van der Waals surface area (Å²) in [6, 6.07) is 14.3. The summed E-state index contributed by atoms with van der Waals surface area (Å²) in [4.78, 5) is 45.9. The molecule has 8 heteroatoms. The van der Waals surface area contributed by atoms with Gasteiger partial charge in [-0.15, -0.1) is 0 Å². The fourth-order valence-electron chi connectivity index (χ4n) is 5.43. The zero-order valence-electron chi connectivity index (χ0n) is 20.9. The third-order valence-corrected chi connectivity index (χ3v) is 7.59. The number of benzene rings is 2. The third kappa shape index (κ3) is 4.51. The second-order valence-corrected chi connectivity index (χ2v) is 9.86. The van der Waals surface area contributed by atoms with Crippen LogP contribution in [0.25, 0.3) is 0 Å². The molecule has 1 spiro atoms. The Hall–Kier alpha value is -3.23. The van der Waals surface area contributed by atoms with E-state index in [-0.39, 0.29) is 24.3 Å². The van der Waals surface area contributed by atoms with E-state index < -0.39 is 11.8 Å². The first-order valence-electron chi connectivity index (χ1n) is 12.7. The minimum atomic E-state index is -0.920. The van der Waals surface area contributed by atoms with Crippen molar-refractivity contribution in [1.29, 1.82) is 0 Å². The Morgan fingerprint density at radius 2 is 1.50 bits per heavy atom. The number of nitrogens with zero attached hydrogens (tertiary/aromatic N) is 3. The van der Waals surface area contributed by atoms with Crippen molar-refractivity contribution in [2.24, 2.45) is 0 Å². The highest BCUT2D eigenvalue weighted by molar-refractivity contribution is 5.99. The number of ether oxygens (including phenoxy) is 2. The molecule has 2 aromatic carbocycles. The van der Waals surface area contributed by atoms with Gasteiger partial charge in [-0.25, -0.2) is 0 Å². The Kier molecular flexibility index (Phi) is 6.81. The predicted octanol–water partition coefficient (Wildman–Crippen LogP) is 2.64. The van der Waals surface area contributed by atoms with Crippen molar-refractivity contribution in [2.45, 2.75) is 38.5 Å². The van der Waals surface area contributed by atoms with Crippen molar-refractivity contribution < 1.29 is 23.9 Å². The van der Waals surface area contributed by atoms with Gasteiger partial charge in [0.2, 0.25) is 5.91 Å². The smallest absolute Gasteiger partial charge is 0.256 e. The summed E-state index contributed by atoms with van der Waals surface area (Å²) in [5.41, 5.74) is 2.30. The summed E-state index contributed by atoms with van der Waals surface area (Å²) in [5.74, 6) is -0.329. The van der Waals surface area contributed by atoms with Gasteiger partial charge in [-0.1, -0.05) is 35.9 Å². The number of likely N-dealkylation sites (tertiary alicyclic amines) is 1. The van der Waals surface area contributed by atoms with E-state index in [4.69, 9.17) is 9.47 Å². The molecule has 0 aliphatic carbocycles. The van der Waals surface area contributed by atoms with E-state index in [1.54, 1.807) is 21.9 Å². The lowest BCUT2D eigenvalue weighted by Crippen LogP contribution is -2.60. The van der Waals surface area contributed by atoms with E-state index in [0.717, 1.165) is 11.1 Å². The second-order valence-electron chi connectivity index (χ2n) is 9.86. The summed E-state index contributed by atoms with van der Waals surface area (Å²) in [7, 11) is 0. The summed E-state index contributed by atoms with van der Waals surface area (Å²) >= 11 is 0. The highest BCUT2D eigenvalue weighted by Gasteiger charge is 2.55. The zero-order valence-corrected chi connectivity index (χ0v) is 20.9. The average Bonchev–Trinajstić information content (AvgIpc) is 3.27. The van der Waals surface area contributed by atoms with Crippen LogP contribution in [0.1, 0.15) is 44.7 Å². The lowest BCUT2D eigenvalue weighted by atomic mass is 9.95. The van der Waals surface area contributed by atoms with Crippen LogP contribution in [0.15, 0.2) is 48.5 Å². The van der Waals surface area contributed by atoms with E-state index in [0.29, 0.717) is 63.4 Å². The first-order valence-corrected chi connectivity index (χ1v) is 12.7. The van der Waals surface area contributed by atoms with E-state index >= 15 is 0 Å². The molecule has 36 heavy (non-hydrogen) atoms. The fourth-order valence-corrected chi connectivity index (χ4v) is 5.43. The maximum atomic E-state index is 13.9. The van der Waals surface area contributed by atoms with Crippen molar-refractivity contribution in [3.8, 4) is 0 Å². The molecule has 8 nitrogen and oxygen atoms in total. The maximum absolute atomic E-state index is 13.9. The normalized spacial score (nSPS) is 21.6. The van der Waals surface area contributed by atoms with Crippen molar-refractivity contribution in [2.75, 3.05) is 46.0 Å². The molecule has 0 bridgehead atoms. The summed E-state index contributed by atoms with van der Waals surface area (Å²) in [5, 5.41) is 0. The molecular formula is C28H33N3O5. The summed E-state index contributed by atoms with van der Waals surface area (Å²) in [6.45, 7) is 6.95. The first-order chi connectivity index (χ1) is 17.4. The van der Waals surface area contributed by atoms with Gasteiger partial charge in [0, 0.05) is 50.1 Å². The first kappa shape index (κ1) is 24.5. The highest BCUT2D eigenvalue weighted by atomic mass is 16.5. The second kappa shape index (κ2) is 10.0. The number of amides is 3. The van der Waals surface area contributed by atoms with E-state index in [1.807, 2.05) is 55.1 Å². The predicted molar refractivity (Wildman–Crippen MR) is 134 cm³/mol. The van der Waals surface area contributed by atoms with Gasteiger partial charge in [-0.2, -0.15) is 0 Å². The van der Waals surface area contributed by atoms with E-state index in [1.165, 1.54) is 0 Å². The van der Waals surface area contributed by atoms with Crippen LogP contribution in [0.3, 0.4) is 0 Å². The number of carbonyl (C=O) groups excluding carboxylic acids is 3. The molecule has 3 amide bonds. The van der Waals surface area contributed by atoms with Crippen LogP contribution in [-0.2, 0) is 14.3 Å². The van der Waals surface area contributed by atoms with Crippen LogP contribution in [0, 0.1) is 13.8 Å². The molecule has 5 rings (SSSR count). The highest BCUT2D eigenvalue weighted by Crippen LogP contribution is 2.39. The largest absolute Gasteiger partial charge is 0.378 e. The lowest BCUT2D eigenvalue weighted by molar-refractivity contribution is -0.141. The van der Waals surface area contributed by atoms with Crippen LogP contribution < -0.4 is 0 Å². The van der Waals surface area contributed by atoms with E-state index in [9.17, 15) is 14.4 Å². The monoisotopic (exact) mass is 491 g/mol. The van der Waals surface area contributed by atoms with Gasteiger partial charge in [0.1, 0.15) is 11.8 Å². The topological polar surface area (TPSA) is 79.4 Å². The molecular weight excluding hydrogens is 458 g/mol. The summed E-state index contributed by atoms with van der Waals surface area (Å²) in [6.07, 6.45) is 0.907. The van der Waals surface area contributed by atoms with Gasteiger partial charge in [0.05, 0.1) is 19.8 Å². The van der Waals surface area contributed by atoms with Gasteiger partial charge in [-0.3, -0.25) is 19.3 Å². The van der Waals surface area contributed by atoms with Gasteiger partial charge in [0.15, 0.2) is 0 Å². The molecule has 0 N–H and O–H groups in total. The molecule has 1 atom stereocenters. The minimum absolute atomic E-state index is 0.0155. The number of hydrogen-bond acceptors (Lipinski definition) is 5. The van der Waals surface area contributed by atoms with E-state index in [2.05, 4.69) is 0 Å². The van der Waals surface area contributed by atoms with Gasteiger partial charge in [-0.05, 0) is 37.6 Å². The molecule has 0 aromatic heterocycles. The lowest BCUT2D eigenvalue weighted by Gasteiger charge is -2.45. The van der Waals surface area contributed by atoms with Crippen LogP contribution in [0.4, 0.5) is 0 Å². The Morgan fingerprint density at radius 3 is 2.17 bits per heavy atom. The average molecular weight is 492 g/mol. The zero-order chi connectivity index (χ0) is 25.3. The van der Waals surface area contributed by atoms with Crippen LogP contribution in [0.2, 0.25) is 0 Å². The van der Waals surface area contributed by atoms with Crippen molar-refractivity contribution in [3.05, 3.63) is 70.8 Å². The Labute approximate surface area is 211 Å². The fraction of sp³-hybridized carbons (Fsp3) is 0.464. The number of piperidine rings is 1. The number of rotatable bonds is 3. The third-order valence-electron chi connectivity index (χ3n) is 7.59. The summed E-state index contributed by atoms with van der Waals surface area (Å²) < 4.78 is 11.7. The Balaban J connectivity index is 1.40. The SMILES string of the molecule is Cc1ccc(C(=O)N2[C@H](C(=O)N3CCOCC3)COC23CCN(C(=O)c2ccccc2C)CC3)cc1. The van der Waals surface area contributed by atoms with Crippen LogP contribution in [-0.4, -0.2) is 90.2 Å². The standard InChI is InChI=1S/C28H33N3O5/c1-20-7-9-22(10-8-20)25(32)31-24(27(34)30-15-17-35-18-16-30)19-36-28(31)11-13-29(14-12-28)26(33)23-6-4-3-5-21(23)2/h3-10,24H,11-19H2,1-2H3/t24-/m0/s1. The molecule has 3 fully saturated rings. The number of morpholine rings is 1. The molecule has 3 heterocycles. The van der Waals surface area contributed by atoms with Crippen molar-refractivity contribution in [3.63, 3.8) is 0 Å². The van der Waals surface area contributed by atoms with Crippen LogP contribution in [0.5, 0.6) is 0 Å². The van der Waals surface area contributed by atoms with Crippen molar-refractivity contribution in [1.82, 2.24) is 14.7 Å². The Bertz CT molecular complexity index is 1130. The Morgan fingerprint density at radius 1 is 0.833 bits per heavy atom. The molecule has 0 unspecified atom stereocenters. The molecule has 3 aliphatic rings. The number of aryl methyl sites for hydroxylation is 2. The van der Waals surface area contributed by atoms with Crippen molar-refractivity contribution >= 4 is 17.7 Å². The minimum Gasteiger partial charge on any atom is -0.378 e. The number of carbonyl (C=O) groups is 3. The molecule has 190 valence electrons. The number of hydrogen-bond donors (Lipinski definition) is 0. The van der Waals surface area contributed by atoms with Gasteiger partial charge in [0.25, 0.3) is 11.8 Å². The van der Waals surface area contributed by atoms with Crippen LogP contribution >= 0.6 is 0 Å². The molecule has 2 aromatic rings.